The van der Waals surface area contributed by atoms with Crippen molar-refractivity contribution in [2.45, 2.75) is 19.8 Å². The Morgan fingerprint density at radius 3 is 2.62 bits per heavy atom. The van der Waals surface area contributed by atoms with Crippen molar-refractivity contribution in [1.82, 2.24) is 4.57 Å². The highest BCUT2D eigenvalue weighted by molar-refractivity contribution is 6.32. The van der Waals surface area contributed by atoms with Gasteiger partial charge >= 0.3 is 0 Å². The van der Waals surface area contributed by atoms with Gasteiger partial charge in [-0.25, -0.2) is 0 Å². The van der Waals surface area contributed by atoms with Gasteiger partial charge in [0.1, 0.15) is 11.2 Å². The molecule has 0 atom stereocenters. The van der Waals surface area contributed by atoms with Crippen molar-refractivity contribution in [3.05, 3.63) is 34.5 Å². The number of benzene rings is 1. The molecule has 2 aromatic rings. The van der Waals surface area contributed by atoms with Gasteiger partial charge < -0.3 is 4.57 Å². The zero-order valence-corrected chi connectivity index (χ0v) is 10.3. The number of hydrogen-bond acceptors (Lipinski definition) is 1. The maximum absolute atomic E-state index is 9.11. The zero-order chi connectivity index (χ0) is 11.9. The van der Waals surface area contributed by atoms with Gasteiger partial charge in [-0.05, 0) is 23.6 Å². The first-order chi connectivity index (χ1) is 7.56. The largest absolute Gasteiger partial charge is 0.334 e. The maximum atomic E-state index is 9.11. The van der Waals surface area contributed by atoms with Gasteiger partial charge in [-0.3, -0.25) is 0 Å². The third-order valence-corrected chi connectivity index (χ3v) is 3.37. The Kier molecular flexibility index (Phi) is 2.65. The van der Waals surface area contributed by atoms with Crippen LogP contribution in [0.3, 0.4) is 0 Å². The van der Waals surface area contributed by atoms with E-state index in [1.54, 1.807) is 0 Å². The predicted octanol–water partition coefficient (Wildman–Crippen LogP) is 3.83. The highest BCUT2D eigenvalue weighted by Gasteiger charge is 2.13. The quantitative estimate of drug-likeness (QED) is 0.735. The summed E-state index contributed by atoms with van der Waals surface area (Å²) in [5, 5.41) is 10.6. The fraction of sp³-hybridized carbons (Fsp3) is 0.308. The van der Waals surface area contributed by atoms with E-state index in [0.29, 0.717) is 16.6 Å². The minimum Gasteiger partial charge on any atom is -0.334 e. The van der Waals surface area contributed by atoms with Crippen molar-refractivity contribution < 1.29 is 0 Å². The first-order valence-electron chi connectivity index (χ1n) is 5.24. The van der Waals surface area contributed by atoms with Gasteiger partial charge in [0, 0.05) is 12.4 Å². The number of aromatic nitrogens is 1. The molecule has 0 radical (unpaired) electrons. The first kappa shape index (κ1) is 11.0. The summed E-state index contributed by atoms with van der Waals surface area (Å²) in [6.45, 7) is 4.27. The summed E-state index contributed by atoms with van der Waals surface area (Å²) in [7, 11) is 1.88. The van der Waals surface area contributed by atoms with Gasteiger partial charge in [0.05, 0.1) is 11.1 Å². The normalized spacial score (nSPS) is 11.0. The number of rotatable bonds is 1. The molecule has 1 heterocycles. The molecule has 0 aliphatic heterocycles. The Balaban J connectivity index is 2.83. The Labute approximate surface area is 100 Å². The molecule has 0 aliphatic carbocycles. The van der Waals surface area contributed by atoms with Crippen LogP contribution in [0.2, 0.25) is 5.15 Å². The SMILES string of the molecule is CC(C)c1ccc2c(c1)c(C#N)c(Cl)n2C. The molecule has 0 spiro atoms. The van der Waals surface area contributed by atoms with E-state index in [-0.39, 0.29) is 0 Å². The highest BCUT2D eigenvalue weighted by Crippen LogP contribution is 2.30. The van der Waals surface area contributed by atoms with Crippen LogP contribution in [0.5, 0.6) is 0 Å². The Hall–Kier alpha value is -1.46. The molecule has 82 valence electrons. The Morgan fingerprint density at radius 1 is 1.38 bits per heavy atom. The molecule has 0 fully saturated rings. The molecule has 0 aliphatic rings. The van der Waals surface area contributed by atoms with E-state index in [1.807, 2.05) is 17.7 Å². The molecule has 3 heteroatoms. The molecule has 2 nitrogen and oxygen atoms in total. The van der Waals surface area contributed by atoms with Crippen molar-refractivity contribution in [2.24, 2.45) is 7.05 Å². The van der Waals surface area contributed by atoms with Crippen LogP contribution in [0.25, 0.3) is 10.9 Å². The van der Waals surface area contributed by atoms with Crippen molar-refractivity contribution in [2.75, 3.05) is 0 Å². The second-order valence-corrected chi connectivity index (χ2v) is 4.63. The second-order valence-electron chi connectivity index (χ2n) is 4.27. The summed E-state index contributed by atoms with van der Waals surface area (Å²) in [6.07, 6.45) is 0. The van der Waals surface area contributed by atoms with Crippen LogP contribution < -0.4 is 0 Å². The number of hydrogen-bond donors (Lipinski definition) is 0. The molecule has 0 saturated heterocycles. The van der Waals surface area contributed by atoms with Gasteiger partial charge in [-0.2, -0.15) is 5.26 Å². The minimum absolute atomic E-state index is 0.454. The summed E-state index contributed by atoms with van der Waals surface area (Å²) >= 11 is 6.11. The fourth-order valence-electron chi connectivity index (χ4n) is 1.90. The topological polar surface area (TPSA) is 28.7 Å². The van der Waals surface area contributed by atoms with E-state index in [0.717, 1.165) is 10.9 Å². The van der Waals surface area contributed by atoms with Crippen LogP contribution in [-0.4, -0.2) is 4.57 Å². The van der Waals surface area contributed by atoms with Gasteiger partial charge in [-0.15, -0.1) is 0 Å². The van der Waals surface area contributed by atoms with Crippen LogP contribution in [0, 0.1) is 11.3 Å². The monoisotopic (exact) mass is 232 g/mol. The van der Waals surface area contributed by atoms with Crippen LogP contribution in [0.4, 0.5) is 0 Å². The number of aryl methyl sites for hydroxylation is 1. The molecule has 1 aromatic carbocycles. The molecule has 2 rings (SSSR count). The summed E-state index contributed by atoms with van der Waals surface area (Å²) in [4.78, 5) is 0. The van der Waals surface area contributed by atoms with Gasteiger partial charge in [0.15, 0.2) is 0 Å². The summed E-state index contributed by atoms with van der Waals surface area (Å²) < 4.78 is 1.85. The van der Waals surface area contributed by atoms with Crippen molar-refractivity contribution >= 4 is 22.5 Å². The van der Waals surface area contributed by atoms with Crippen LogP contribution in [0.1, 0.15) is 30.9 Å². The smallest absolute Gasteiger partial charge is 0.127 e. The highest BCUT2D eigenvalue weighted by atomic mass is 35.5. The maximum Gasteiger partial charge on any atom is 0.127 e. The number of nitrogens with zero attached hydrogens (tertiary/aromatic N) is 2. The number of halogens is 1. The third kappa shape index (κ3) is 1.48. The minimum atomic E-state index is 0.454. The van der Waals surface area contributed by atoms with Gasteiger partial charge in [-0.1, -0.05) is 31.5 Å². The van der Waals surface area contributed by atoms with Crippen molar-refractivity contribution in [3.8, 4) is 6.07 Å². The standard InChI is InChI=1S/C13H13ClN2/c1-8(2)9-4-5-12-10(6-9)11(7-15)13(14)16(12)3/h4-6,8H,1-3H3. The Bertz CT molecular complexity index is 588. The lowest BCUT2D eigenvalue weighted by Crippen LogP contribution is -1.88. The molecule has 0 unspecified atom stereocenters. The lowest BCUT2D eigenvalue weighted by Gasteiger charge is -2.05. The summed E-state index contributed by atoms with van der Waals surface area (Å²) in [6, 6.07) is 8.35. The van der Waals surface area contributed by atoms with E-state index in [9.17, 15) is 0 Å². The van der Waals surface area contributed by atoms with Crippen LogP contribution in [0.15, 0.2) is 18.2 Å². The van der Waals surface area contributed by atoms with E-state index >= 15 is 0 Å². The Morgan fingerprint density at radius 2 is 2.06 bits per heavy atom. The number of nitriles is 1. The second kappa shape index (κ2) is 3.84. The van der Waals surface area contributed by atoms with E-state index < -0.39 is 0 Å². The summed E-state index contributed by atoms with van der Waals surface area (Å²) in [5.41, 5.74) is 2.80. The fourth-order valence-corrected chi connectivity index (χ4v) is 2.13. The molecular formula is C13H13ClN2. The first-order valence-corrected chi connectivity index (χ1v) is 5.62. The van der Waals surface area contributed by atoms with Crippen LogP contribution in [-0.2, 0) is 7.05 Å². The van der Waals surface area contributed by atoms with Crippen LogP contribution >= 0.6 is 11.6 Å². The van der Waals surface area contributed by atoms with E-state index in [2.05, 4.69) is 32.0 Å². The molecule has 1 aromatic heterocycles. The third-order valence-electron chi connectivity index (χ3n) is 2.93. The summed E-state index contributed by atoms with van der Waals surface area (Å²) in [5.74, 6) is 0.454. The van der Waals surface area contributed by atoms with Gasteiger partial charge in [0.2, 0.25) is 0 Å². The lowest BCUT2D eigenvalue weighted by atomic mass is 10.0. The van der Waals surface area contributed by atoms with Gasteiger partial charge in [0.25, 0.3) is 0 Å². The molecule has 0 saturated carbocycles. The van der Waals surface area contributed by atoms with Crippen molar-refractivity contribution in [3.63, 3.8) is 0 Å². The molecule has 16 heavy (non-hydrogen) atoms. The average molecular weight is 233 g/mol. The lowest BCUT2D eigenvalue weighted by molar-refractivity contribution is 0.868. The van der Waals surface area contributed by atoms with E-state index in [1.165, 1.54) is 5.56 Å². The zero-order valence-electron chi connectivity index (χ0n) is 9.58. The van der Waals surface area contributed by atoms with Crippen molar-refractivity contribution in [1.29, 1.82) is 5.26 Å². The molecule has 0 amide bonds. The molecular weight excluding hydrogens is 220 g/mol. The predicted molar refractivity (Wildman–Crippen MR) is 66.7 cm³/mol. The molecule has 0 bridgehead atoms. The number of fused-ring (bicyclic) bond motifs is 1. The van der Waals surface area contributed by atoms with E-state index in [4.69, 9.17) is 16.9 Å². The molecule has 0 N–H and O–H groups in total. The average Bonchev–Trinajstić information content (AvgIpc) is 2.51.